The minimum atomic E-state index is -0.149. The Labute approximate surface area is 129 Å². The zero-order valence-electron chi connectivity index (χ0n) is 12.8. The van der Waals surface area contributed by atoms with Crippen LogP contribution < -0.4 is 15.4 Å². The van der Waals surface area contributed by atoms with E-state index in [0.717, 1.165) is 24.3 Å². The number of aryl methyl sites for hydroxylation is 1. The van der Waals surface area contributed by atoms with E-state index in [1.54, 1.807) is 24.7 Å². The Hall–Kier alpha value is -2.63. The highest BCUT2D eigenvalue weighted by Crippen LogP contribution is 2.17. The number of carbonyl (C=O) groups is 1. The molecule has 0 spiro atoms. The van der Waals surface area contributed by atoms with E-state index in [4.69, 9.17) is 4.74 Å². The van der Waals surface area contributed by atoms with E-state index in [9.17, 15) is 4.79 Å². The fourth-order valence-corrected chi connectivity index (χ4v) is 1.97. The molecule has 0 saturated carbocycles. The van der Waals surface area contributed by atoms with Crippen molar-refractivity contribution < 1.29 is 9.53 Å². The Bertz CT molecular complexity index is 617. The van der Waals surface area contributed by atoms with Gasteiger partial charge in [0.15, 0.2) is 0 Å². The van der Waals surface area contributed by atoms with Gasteiger partial charge in [-0.1, -0.05) is 0 Å². The van der Waals surface area contributed by atoms with Crippen LogP contribution in [0.1, 0.15) is 22.5 Å². The lowest BCUT2D eigenvalue weighted by Gasteiger charge is -2.10. The summed E-state index contributed by atoms with van der Waals surface area (Å²) < 4.78 is 5.16. The molecule has 0 fully saturated rings. The van der Waals surface area contributed by atoms with Gasteiger partial charge in [-0.25, -0.2) is 0 Å². The van der Waals surface area contributed by atoms with Crippen molar-refractivity contribution in [2.75, 3.05) is 25.5 Å². The summed E-state index contributed by atoms with van der Waals surface area (Å²) in [6.45, 7) is 3.18. The van der Waals surface area contributed by atoms with Crippen LogP contribution in [0.4, 0.5) is 5.69 Å². The van der Waals surface area contributed by atoms with Crippen molar-refractivity contribution in [2.24, 2.45) is 0 Å². The molecule has 0 aromatic carbocycles. The predicted octanol–water partition coefficient (Wildman–Crippen LogP) is 2.03. The molecule has 2 heterocycles. The van der Waals surface area contributed by atoms with Crippen molar-refractivity contribution >= 4 is 11.6 Å². The first kappa shape index (κ1) is 15.8. The van der Waals surface area contributed by atoms with Crippen LogP contribution in [-0.2, 0) is 0 Å². The number of ether oxygens (including phenoxy) is 1. The van der Waals surface area contributed by atoms with Gasteiger partial charge < -0.3 is 15.4 Å². The Morgan fingerprint density at radius 1 is 1.32 bits per heavy atom. The first-order valence-corrected chi connectivity index (χ1v) is 7.13. The summed E-state index contributed by atoms with van der Waals surface area (Å²) in [7, 11) is 1.53. The number of hydrogen-bond acceptors (Lipinski definition) is 5. The summed E-state index contributed by atoms with van der Waals surface area (Å²) in [6.07, 6.45) is 5.87. The maximum atomic E-state index is 12.2. The average Bonchev–Trinajstić information content (AvgIpc) is 2.55. The highest BCUT2D eigenvalue weighted by atomic mass is 16.5. The number of rotatable bonds is 7. The van der Waals surface area contributed by atoms with Gasteiger partial charge in [-0.05, 0) is 31.5 Å². The molecular formula is C16H20N4O2. The third-order valence-corrected chi connectivity index (χ3v) is 3.10. The van der Waals surface area contributed by atoms with E-state index in [1.807, 2.05) is 19.1 Å². The molecule has 6 nitrogen and oxygen atoms in total. The van der Waals surface area contributed by atoms with Crippen molar-refractivity contribution in [3.05, 3.63) is 48.0 Å². The third-order valence-electron chi connectivity index (χ3n) is 3.10. The highest BCUT2D eigenvalue weighted by Gasteiger charge is 2.12. The van der Waals surface area contributed by atoms with Gasteiger partial charge in [0.2, 0.25) is 0 Å². The van der Waals surface area contributed by atoms with Crippen LogP contribution >= 0.6 is 0 Å². The molecule has 0 unspecified atom stereocenters. The summed E-state index contributed by atoms with van der Waals surface area (Å²) in [5, 5.41) is 6.13. The average molecular weight is 300 g/mol. The molecule has 2 N–H and O–H groups in total. The van der Waals surface area contributed by atoms with Crippen LogP contribution in [0.15, 0.2) is 36.8 Å². The van der Waals surface area contributed by atoms with Gasteiger partial charge in [-0.2, -0.15) is 0 Å². The molecule has 2 aromatic rings. The molecule has 0 radical (unpaired) electrons. The van der Waals surface area contributed by atoms with Crippen LogP contribution in [0.2, 0.25) is 0 Å². The lowest BCUT2D eigenvalue weighted by molar-refractivity contribution is 0.0950. The second kappa shape index (κ2) is 7.97. The molecule has 22 heavy (non-hydrogen) atoms. The molecule has 1 amide bonds. The zero-order chi connectivity index (χ0) is 15.8. The van der Waals surface area contributed by atoms with Crippen molar-refractivity contribution in [3.63, 3.8) is 0 Å². The first-order chi connectivity index (χ1) is 10.7. The lowest BCUT2D eigenvalue weighted by atomic mass is 10.2. The number of pyridine rings is 2. The number of nitrogens with one attached hydrogen (secondary N) is 2. The fourth-order valence-electron chi connectivity index (χ4n) is 1.97. The number of nitrogens with zero attached hydrogens (tertiary/aromatic N) is 2. The van der Waals surface area contributed by atoms with Crippen LogP contribution in [0.3, 0.4) is 0 Å². The van der Waals surface area contributed by atoms with E-state index >= 15 is 0 Å². The van der Waals surface area contributed by atoms with Gasteiger partial charge in [0.1, 0.15) is 5.75 Å². The summed E-state index contributed by atoms with van der Waals surface area (Å²) >= 11 is 0. The molecular weight excluding hydrogens is 280 g/mol. The monoisotopic (exact) mass is 300 g/mol. The van der Waals surface area contributed by atoms with Gasteiger partial charge in [0.05, 0.1) is 24.6 Å². The Kier molecular flexibility index (Phi) is 5.71. The van der Waals surface area contributed by atoms with Gasteiger partial charge in [0, 0.05) is 31.2 Å². The molecule has 0 atom stereocenters. The molecule has 0 aliphatic heterocycles. The number of aromatic nitrogens is 2. The maximum Gasteiger partial charge on any atom is 0.255 e. The number of methoxy groups -OCH3 is 1. The molecule has 116 valence electrons. The van der Waals surface area contributed by atoms with E-state index in [0.29, 0.717) is 17.9 Å². The number of carbonyl (C=O) groups excluding carboxylic acids is 1. The summed E-state index contributed by atoms with van der Waals surface area (Å²) in [5.41, 5.74) is 2.26. The Morgan fingerprint density at radius 2 is 2.18 bits per heavy atom. The van der Waals surface area contributed by atoms with Crippen molar-refractivity contribution in [2.45, 2.75) is 13.3 Å². The van der Waals surface area contributed by atoms with Gasteiger partial charge >= 0.3 is 0 Å². The summed E-state index contributed by atoms with van der Waals surface area (Å²) in [4.78, 5) is 20.3. The molecule has 0 aliphatic carbocycles. The fraction of sp³-hybridized carbons (Fsp3) is 0.312. The largest absolute Gasteiger partial charge is 0.494 e. The summed E-state index contributed by atoms with van der Waals surface area (Å²) in [5.74, 6) is 0.334. The van der Waals surface area contributed by atoms with Gasteiger partial charge in [0.25, 0.3) is 5.91 Å². The van der Waals surface area contributed by atoms with Crippen LogP contribution in [0.25, 0.3) is 0 Å². The van der Waals surface area contributed by atoms with Crippen molar-refractivity contribution in [1.82, 2.24) is 15.3 Å². The molecule has 0 aliphatic rings. The van der Waals surface area contributed by atoms with Crippen molar-refractivity contribution in [1.29, 1.82) is 0 Å². The smallest absolute Gasteiger partial charge is 0.255 e. The van der Waals surface area contributed by atoms with Crippen molar-refractivity contribution in [3.8, 4) is 5.75 Å². The minimum absolute atomic E-state index is 0.149. The Balaban J connectivity index is 1.77. The predicted molar refractivity (Wildman–Crippen MR) is 85.2 cm³/mol. The minimum Gasteiger partial charge on any atom is -0.494 e. The first-order valence-electron chi connectivity index (χ1n) is 7.13. The second-order valence-corrected chi connectivity index (χ2v) is 4.80. The number of amides is 1. The normalized spacial score (nSPS) is 10.1. The molecule has 6 heteroatoms. The van der Waals surface area contributed by atoms with E-state index < -0.39 is 0 Å². The number of hydrogen-bond donors (Lipinski definition) is 2. The quantitative estimate of drug-likeness (QED) is 0.765. The standard InChI is InChI=1S/C16H20N4O2/c1-12-9-14(15(22-2)11-20-12)16(21)19-8-4-7-18-13-5-3-6-17-10-13/h3,5-6,9-11,18H,4,7-8H2,1-2H3,(H,19,21). The Morgan fingerprint density at radius 3 is 2.91 bits per heavy atom. The number of anilines is 1. The van der Waals surface area contributed by atoms with Crippen LogP contribution in [0, 0.1) is 6.92 Å². The van der Waals surface area contributed by atoms with E-state index in [-0.39, 0.29) is 5.91 Å². The van der Waals surface area contributed by atoms with E-state index in [2.05, 4.69) is 20.6 Å². The lowest BCUT2D eigenvalue weighted by Crippen LogP contribution is -2.26. The van der Waals surface area contributed by atoms with Crippen LogP contribution in [-0.4, -0.2) is 36.1 Å². The van der Waals surface area contributed by atoms with E-state index in [1.165, 1.54) is 7.11 Å². The zero-order valence-corrected chi connectivity index (χ0v) is 12.8. The van der Waals surface area contributed by atoms with Gasteiger partial charge in [-0.3, -0.25) is 14.8 Å². The summed E-state index contributed by atoms with van der Waals surface area (Å²) in [6, 6.07) is 5.56. The topological polar surface area (TPSA) is 76.1 Å². The molecule has 2 rings (SSSR count). The highest BCUT2D eigenvalue weighted by molar-refractivity contribution is 5.96. The second-order valence-electron chi connectivity index (χ2n) is 4.80. The van der Waals surface area contributed by atoms with Crippen LogP contribution in [0.5, 0.6) is 5.75 Å². The molecule has 0 bridgehead atoms. The third kappa shape index (κ3) is 4.44. The molecule has 2 aromatic heterocycles. The maximum absolute atomic E-state index is 12.2. The molecule has 0 saturated heterocycles. The van der Waals surface area contributed by atoms with Gasteiger partial charge in [-0.15, -0.1) is 0 Å². The SMILES string of the molecule is COc1cnc(C)cc1C(=O)NCCCNc1cccnc1.